The van der Waals surface area contributed by atoms with Gasteiger partial charge in [-0.3, -0.25) is 4.79 Å². The number of hydrogen-bond acceptors (Lipinski definition) is 3. The van der Waals surface area contributed by atoms with E-state index in [1.807, 2.05) is 0 Å². The van der Waals surface area contributed by atoms with Crippen molar-refractivity contribution >= 4 is 16.0 Å². The summed E-state index contributed by atoms with van der Waals surface area (Å²) in [5.74, 6) is -0.728. The van der Waals surface area contributed by atoms with Crippen LogP contribution in [0, 0.1) is 11.8 Å². The van der Waals surface area contributed by atoms with Gasteiger partial charge >= 0.3 is 5.97 Å². The van der Waals surface area contributed by atoms with E-state index in [9.17, 15) is 13.2 Å². The molecule has 86 valence electrons. The van der Waals surface area contributed by atoms with Crippen molar-refractivity contribution in [2.75, 3.05) is 5.75 Å². The minimum atomic E-state index is -3.40. The predicted octanol–water partition coefficient (Wildman–Crippen LogP) is 0.179. The van der Waals surface area contributed by atoms with E-state index in [2.05, 4.69) is 4.72 Å². The van der Waals surface area contributed by atoms with Gasteiger partial charge in [0.2, 0.25) is 10.0 Å². The van der Waals surface area contributed by atoms with E-state index < -0.39 is 22.0 Å². The van der Waals surface area contributed by atoms with E-state index in [0.717, 1.165) is 25.7 Å². The highest BCUT2D eigenvalue weighted by atomic mass is 32.2. The fourth-order valence-corrected chi connectivity index (χ4v) is 3.34. The molecule has 6 heteroatoms. The monoisotopic (exact) mass is 233 g/mol. The van der Waals surface area contributed by atoms with E-state index in [1.165, 1.54) is 0 Å². The maximum absolute atomic E-state index is 11.6. The van der Waals surface area contributed by atoms with Crippen molar-refractivity contribution < 1.29 is 18.3 Å². The quantitative estimate of drug-likeness (QED) is 0.685. The summed E-state index contributed by atoms with van der Waals surface area (Å²) in [5, 5.41) is 8.87. The van der Waals surface area contributed by atoms with Crippen LogP contribution < -0.4 is 4.72 Å². The highest BCUT2D eigenvalue weighted by Gasteiger charge is 2.39. The van der Waals surface area contributed by atoms with Crippen molar-refractivity contribution in [3.8, 4) is 0 Å². The molecule has 15 heavy (non-hydrogen) atoms. The lowest BCUT2D eigenvalue weighted by Gasteiger charge is -2.13. The molecule has 1 atom stereocenters. The van der Waals surface area contributed by atoms with Gasteiger partial charge in [-0.25, -0.2) is 13.1 Å². The minimum absolute atomic E-state index is 0.00326. The van der Waals surface area contributed by atoms with Gasteiger partial charge in [-0.2, -0.15) is 0 Å². The molecule has 0 saturated heterocycles. The van der Waals surface area contributed by atoms with Crippen molar-refractivity contribution in [2.24, 2.45) is 11.8 Å². The Kier molecular flexibility index (Phi) is 2.72. The fraction of sp³-hybridized carbons (Fsp3) is 0.889. The van der Waals surface area contributed by atoms with Gasteiger partial charge in [-0.05, 0) is 37.5 Å². The Labute approximate surface area is 88.9 Å². The summed E-state index contributed by atoms with van der Waals surface area (Å²) in [6.07, 6.45) is 3.51. The molecule has 0 radical (unpaired) electrons. The average molecular weight is 233 g/mol. The minimum Gasteiger partial charge on any atom is -0.480 e. The van der Waals surface area contributed by atoms with E-state index >= 15 is 0 Å². The SMILES string of the molecule is O=C(O)C(NS(=O)(=O)CC1CC1)C1CC1. The van der Waals surface area contributed by atoms with Crippen molar-refractivity contribution in [3.63, 3.8) is 0 Å². The van der Waals surface area contributed by atoms with Crippen LogP contribution in [-0.4, -0.2) is 31.3 Å². The zero-order chi connectivity index (χ0) is 11.1. The Morgan fingerprint density at radius 3 is 2.33 bits per heavy atom. The van der Waals surface area contributed by atoms with Gasteiger partial charge in [0.15, 0.2) is 0 Å². The molecular weight excluding hydrogens is 218 g/mol. The normalized spacial score (nSPS) is 23.7. The molecule has 0 aliphatic heterocycles. The highest BCUT2D eigenvalue weighted by molar-refractivity contribution is 7.89. The van der Waals surface area contributed by atoms with Gasteiger partial charge in [0, 0.05) is 0 Å². The van der Waals surface area contributed by atoms with Crippen LogP contribution >= 0.6 is 0 Å². The van der Waals surface area contributed by atoms with E-state index in [0.29, 0.717) is 0 Å². The lowest BCUT2D eigenvalue weighted by Crippen LogP contribution is -2.43. The molecule has 2 rings (SSSR count). The lowest BCUT2D eigenvalue weighted by atomic mass is 10.2. The standard InChI is InChI=1S/C9H15NO4S/c11-9(12)8(7-3-4-7)10-15(13,14)5-6-1-2-6/h6-8,10H,1-5H2,(H,11,12). The highest BCUT2D eigenvalue weighted by Crippen LogP contribution is 2.34. The molecule has 2 saturated carbocycles. The molecule has 0 aromatic rings. The Balaban J connectivity index is 1.94. The zero-order valence-electron chi connectivity index (χ0n) is 8.35. The maximum atomic E-state index is 11.6. The largest absolute Gasteiger partial charge is 0.480 e. The van der Waals surface area contributed by atoms with Gasteiger partial charge in [-0.15, -0.1) is 0 Å². The molecule has 2 aliphatic carbocycles. The summed E-state index contributed by atoms with van der Waals surface area (Å²) in [7, 11) is -3.40. The van der Waals surface area contributed by atoms with Crippen LogP contribution in [0.5, 0.6) is 0 Å². The average Bonchev–Trinajstić information content (AvgIpc) is 2.92. The summed E-state index contributed by atoms with van der Waals surface area (Å²) < 4.78 is 25.4. The van der Waals surface area contributed by atoms with Crippen LogP contribution in [-0.2, 0) is 14.8 Å². The summed E-state index contributed by atoms with van der Waals surface area (Å²) >= 11 is 0. The van der Waals surface area contributed by atoms with Crippen LogP contribution in [0.4, 0.5) is 0 Å². The number of carboxylic acid groups (broad SMARTS) is 1. The molecule has 5 nitrogen and oxygen atoms in total. The second-order valence-corrected chi connectivity index (χ2v) is 6.29. The Bertz CT molecular complexity index is 356. The molecule has 0 bridgehead atoms. The van der Waals surface area contributed by atoms with Gasteiger partial charge in [0.1, 0.15) is 6.04 Å². The van der Waals surface area contributed by atoms with Crippen molar-refractivity contribution in [2.45, 2.75) is 31.7 Å². The van der Waals surface area contributed by atoms with Gasteiger partial charge in [-0.1, -0.05) is 0 Å². The summed E-state index contributed by atoms with van der Waals surface area (Å²) in [4.78, 5) is 10.8. The number of nitrogens with one attached hydrogen (secondary N) is 1. The fourth-order valence-electron chi connectivity index (χ4n) is 1.61. The molecular formula is C9H15NO4S. The molecule has 0 aromatic carbocycles. The smallest absolute Gasteiger partial charge is 0.322 e. The molecule has 0 amide bonds. The molecule has 2 fully saturated rings. The van der Waals surface area contributed by atoms with E-state index in [1.54, 1.807) is 0 Å². The van der Waals surface area contributed by atoms with Crippen molar-refractivity contribution in [1.29, 1.82) is 0 Å². The van der Waals surface area contributed by atoms with Crippen LogP contribution in [0.15, 0.2) is 0 Å². The first-order valence-electron chi connectivity index (χ1n) is 5.21. The second kappa shape index (κ2) is 3.75. The Hall–Kier alpha value is -0.620. The first-order chi connectivity index (χ1) is 6.98. The topological polar surface area (TPSA) is 83.5 Å². The maximum Gasteiger partial charge on any atom is 0.322 e. The van der Waals surface area contributed by atoms with E-state index in [4.69, 9.17) is 5.11 Å². The lowest BCUT2D eigenvalue weighted by molar-refractivity contribution is -0.139. The van der Waals surface area contributed by atoms with Crippen LogP contribution in [0.25, 0.3) is 0 Å². The second-order valence-electron chi connectivity index (χ2n) is 4.50. The summed E-state index contributed by atoms with van der Waals surface area (Å²) in [6.45, 7) is 0. The number of aliphatic carboxylic acids is 1. The number of carboxylic acids is 1. The molecule has 2 N–H and O–H groups in total. The third kappa shape index (κ3) is 3.17. The molecule has 0 heterocycles. The van der Waals surface area contributed by atoms with Crippen molar-refractivity contribution in [3.05, 3.63) is 0 Å². The Morgan fingerprint density at radius 1 is 1.33 bits per heavy atom. The first-order valence-corrected chi connectivity index (χ1v) is 6.86. The number of hydrogen-bond donors (Lipinski definition) is 2. The number of sulfonamides is 1. The summed E-state index contributed by atoms with van der Waals surface area (Å²) in [6, 6.07) is -0.909. The van der Waals surface area contributed by atoms with Gasteiger partial charge < -0.3 is 5.11 Å². The summed E-state index contributed by atoms with van der Waals surface area (Å²) in [5.41, 5.74) is 0. The van der Waals surface area contributed by atoms with Gasteiger partial charge in [0.25, 0.3) is 0 Å². The zero-order valence-corrected chi connectivity index (χ0v) is 9.16. The number of rotatable bonds is 6. The van der Waals surface area contributed by atoms with Crippen LogP contribution in [0.3, 0.4) is 0 Å². The van der Waals surface area contributed by atoms with E-state index in [-0.39, 0.29) is 17.6 Å². The molecule has 0 aromatic heterocycles. The third-order valence-corrected chi connectivity index (χ3v) is 4.34. The first kappa shape index (κ1) is 10.9. The number of carbonyl (C=O) groups is 1. The predicted molar refractivity (Wildman–Crippen MR) is 53.8 cm³/mol. The molecule has 0 spiro atoms. The van der Waals surface area contributed by atoms with Gasteiger partial charge in [0.05, 0.1) is 5.75 Å². The Morgan fingerprint density at radius 2 is 1.93 bits per heavy atom. The van der Waals surface area contributed by atoms with Crippen LogP contribution in [0.2, 0.25) is 0 Å². The van der Waals surface area contributed by atoms with Crippen molar-refractivity contribution in [1.82, 2.24) is 4.72 Å². The molecule has 2 aliphatic rings. The molecule has 1 unspecified atom stereocenters. The third-order valence-electron chi connectivity index (χ3n) is 2.82. The van der Waals surface area contributed by atoms with Crippen LogP contribution in [0.1, 0.15) is 25.7 Å².